The van der Waals surface area contributed by atoms with Crippen LogP contribution in [0.25, 0.3) is 22.4 Å². The predicted molar refractivity (Wildman–Crippen MR) is 148 cm³/mol. The highest BCUT2D eigenvalue weighted by Gasteiger charge is 2.21. The van der Waals surface area contributed by atoms with Crippen LogP contribution in [0.4, 0.5) is 5.69 Å². The number of halogens is 1. The lowest BCUT2D eigenvalue weighted by Gasteiger charge is -2.29. The number of likely N-dealkylation sites (tertiary alicyclic amines) is 1. The molecule has 2 aromatic carbocycles. The zero-order valence-electron chi connectivity index (χ0n) is 21.3. The number of aliphatic hydroxyl groups excluding tert-OH is 1. The summed E-state index contributed by atoms with van der Waals surface area (Å²) in [5.41, 5.74) is 5.54. The summed E-state index contributed by atoms with van der Waals surface area (Å²) in [6.07, 6.45) is 3.01. The van der Waals surface area contributed by atoms with Crippen molar-refractivity contribution in [3.05, 3.63) is 74.7 Å². The number of nitrogens with zero attached hydrogens (tertiary/aromatic N) is 2. The third-order valence-electron chi connectivity index (χ3n) is 7.23. The van der Waals surface area contributed by atoms with E-state index in [-0.39, 0.29) is 12.1 Å². The molecule has 4 aromatic rings. The molecule has 8 nitrogen and oxygen atoms in total. The molecule has 1 aliphatic heterocycles. The molecule has 5 rings (SSSR count). The van der Waals surface area contributed by atoms with Crippen LogP contribution in [0.15, 0.2) is 47.4 Å². The predicted octanol–water partition coefficient (Wildman–Crippen LogP) is 4.84. The molecule has 4 N–H and O–H groups in total. The Morgan fingerprint density at radius 3 is 2.76 bits per heavy atom. The number of pyridine rings is 1. The standard InChI is InChI=1S/C28H32ClN5O3/c1-16-12-19(17-7-10-34(2)11-8-17)14-22-26(16)33-27(32-22)25-21(6-9-30-28(25)36)31-15-23(35)18-4-5-24(37-3)20(29)13-18/h4-6,9,12-14,17,23,35H,7-8,10-11,15H2,1-3H3,(H,32,33)(H2,30,31,36)/t23-/m1/s1. The number of anilines is 1. The van der Waals surface area contributed by atoms with E-state index >= 15 is 0 Å². The minimum atomic E-state index is -0.842. The Labute approximate surface area is 220 Å². The first-order valence-corrected chi connectivity index (χ1v) is 12.9. The third kappa shape index (κ3) is 5.23. The number of aromatic nitrogens is 3. The maximum Gasteiger partial charge on any atom is 0.261 e. The molecule has 9 heteroatoms. The number of imidazole rings is 1. The Hall–Kier alpha value is -3.33. The van der Waals surface area contributed by atoms with Gasteiger partial charge in [-0.1, -0.05) is 23.7 Å². The zero-order valence-corrected chi connectivity index (χ0v) is 22.0. The summed E-state index contributed by atoms with van der Waals surface area (Å²) in [4.78, 5) is 26.2. The van der Waals surface area contributed by atoms with Gasteiger partial charge in [-0.15, -0.1) is 0 Å². The number of hydrogen-bond donors (Lipinski definition) is 4. The van der Waals surface area contributed by atoms with E-state index in [1.54, 1.807) is 37.6 Å². The summed E-state index contributed by atoms with van der Waals surface area (Å²) in [7, 11) is 3.71. The number of methoxy groups -OCH3 is 1. The van der Waals surface area contributed by atoms with Gasteiger partial charge < -0.3 is 30.0 Å². The molecule has 0 unspecified atom stereocenters. The molecule has 0 amide bonds. The number of nitrogens with one attached hydrogen (secondary N) is 3. The maximum absolute atomic E-state index is 12.9. The number of hydrogen-bond acceptors (Lipinski definition) is 6. The van der Waals surface area contributed by atoms with E-state index in [1.165, 1.54) is 5.56 Å². The van der Waals surface area contributed by atoms with Gasteiger partial charge in [0, 0.05) is 12.7 Å². The average molecular weight is 522 g/mol. The molecule has 1 fully saturated rings. The SMILES string of the molecule is COc1ccc([C@H](O)CNc2cc[nH]c(=O)c2-c2nc3c(C)cc(C4CCN(C)CC4)cc3[nH]2)cc1Cl. The Morgan fingerprint density at radius 2 is 2.03 bits per heavy atom. The van der Waals surface area contributed by atoms with Crippen LogP contribution in [-0.4, -0.2) is 58.8 Å². The lowest BCUT2D eigenvalue weighted by Crippen LogP contribution is -2.29. The molecule has 1 atom stereocenters. The maximum atomic E-state index is 12.9. The Morgan fingerprint density at radius 1 is 1.24 bits per heavy atom. The van der Waals surface area contributed by atoms with Crippen molar-refractivity contribution in [2.24, 2.45) is 0 Å². The van der Waals surface area contributed by atoms with Crippen molar-refractivity contribution in [3.63, 3.8) is 0 Å². The second kappa shape index (κ2) is 10.6. The molecule has 0 radical (unpaired) electrons. The summed E-state index contributed by atoms with van der Waals surface area (Å²) in [6, 6.07) is 11.3. The number of aliphatic hydroxyl groups is 1. The Balaban J connectivity index is 1.42. The first-order valence-electron chi connectivity index (χ1n) is 12.5. The zero-order chi connectivity index (χ0) is 26.1. The molecule has 2 aromatic heterocycles. The van der Waals surface area contributed by atoms with E-state index in [4.69, 9.17) is 21.3 Å². The number of aryl methyl sites for hydroxylation is 1. The second-order valence-corrected chi connectivity index (χ2v) is 10.2. The third-order valence-corrected chi connectivity index (χ3v) is 7.53. The number of benzene rings is 2. The summed E-state index contributed by atoms with van der Waals surface area (Å²) >= 11 is 6.22. The van der Waals surface area contributed by atoms with Crippen LogP contribution in [0, 0.1) is 6.92 Å². The normalized spacial score (nSPS) is 15.7. The molecule has 37 heavy (non-hydrogen) atoms. The van der Waals surface area contributed by atoms with Crippen molar-refractivity contribution in [2.45, 2.75) is 31.8 Å². The number of aromatic amines is 2. The van der Waals surface area contributed by atoms with Crippen molar-refractivity contribution >= 4 is 28.3 Å². The van der Waals surface area contributed by atoms with E-state index in [9.17, 15) is 9.90 Å². The first-order chi connectivity index (χ1) is 17.8. The summed E-state index contributed by atoms with van der Waals surface area (Å²) in [5.74, 6) is 1.56. The Kier molecular flexibility index (Phi) is 7.24. The van der Waals surface area contributed by atoms with Gasteiger partial charge in [0.05, 0.1) is 35.0 Å². The van der Waals surface area contributed by atoms with Gasteiger partial charge in [-0.2, -0.15) is 0 Å². The van der Waals surface area contributed by atoms with Crippen molar-refractivity contribution < 1.29 is 9.84 Å². The molecule has 194 valence electrons. The molecule has 1 aliphatic rings. The van der Waals surface area contributed by atoms with Crippen LogP contribution in [0.1, 0.15) is 41.6 Å². The topological polar surface area (TPSA) is 106 Å². The van der Waals surface area contributed by atoms with Gasteiger partial charge in [-0.25, -0.2) is 4.98 Å². The van der Waals surface area contributed by atoms with Crippen molar-refractivity contribution in [3.8, 4) is 17.1 Å². The van der Waals surface area contributed by atoms with Crippen LogP contribution in [0.3, 0.4) is 0 Å². The summed E-state index contributed by atoms with van der Waals surface area (Å²) < 4.78 is 5.19. The number of piperidine rings is 1. The number of rotatable bonds is 7. The molecule has 0 spiro atoms. The number of H-pyrrole nitrogens is 2. The highest BCUT2D eigenvalue weighted by atomic mass is 35.5. The van der Waals surface area contributed by atoms with E-state index in [0.717, 1.165) is 42.5 Å². The van der Waals surface area contributed by atoms with Crippen molar-refractivity contribution in [1.29, 1.82) is 0 Å². The fraction of sp³-hybridized carbons (Fsp3) is 0.357. The van der Waals surface area contributed by atoms with Crippen LogP contribution in [0.2, 0.25) is 5.02 Å². The van der Waals surface area contributed by atoms with Gasteiger partial charge in [-0.3, -0.25) is 4.79 Å². The molecule has 3 heterocycles. The van der Waals surface area contributed by atoms with Gasteiger partial charge in [0.1, 0.15) is 17.1 Å². The summed E-state index contributed by atoms with van der Waals surface area (Å²) in [6.45, 7) is 4.44. The van der Waals surface area contributed by atoms with Crippen LogP contribution < -0.4 is 15.6 Å². The quantitative estimate of drug-likeness (QED) is 0.277. The second-order valence-electron chi connectivity index (χ2n) is 9.78. The minimum absolute atomic E-state index is 0.179. The number of fused-ring (bicyclic) bond motifs is 1. The van der Waals surface area contributed by atoms with Crippen molar-refractivity contribution in [1.82, 2.24) is 19.9 Å². The van der Waals surface area contributed by atoms with Crippen molar-refractivity contribution in [2.75, 3.05) is 39.1 Å². The minimum Gasteiger partial charge on any atom is -0.495 e. The number of ether oxygens (including phenoxy) is 1. The van der Waals surface area contributed by atoms with Gasteiger partial charge in [-0.05, 0) is 86.8 Å². The molecule has 1 saturated heterocycles. The van der Waals surface area contributed by atoms with Crippen LogP contribution in [-0.2, 0) is 0 Å². The monoisotopic (exact) mass is 521 g/mol. The van der Waals surface area contributed by atoms with E-state index < -0.39 is 6.10 Å². The molecular weight excluding hydrogens is 490 g/mol. The smallest absolute Gasteiger partial charge is 0.261 e. The first kappa shape index (κ1) is 25.3. The highest BCUT2D eigenvalue weighted by Crippen LogP contribution is 2.33. The lowest BCUT2D eigenvalue weighted by atomic mass is 9.88. The van der Waals surface area contributed by atoms with E-state index in [0.29, 0.717) is 39.3 Å². The highest BCUT2D eigenvalue weighted by molar-refractivity contribution is 6.32. The molecule has 0 aliphatic carbocycles. The molecule has 0 saturated carbocycles. The lowest BCUT2D eigenvalue weighted by molar-refractivity contribution is 0.191. The fourth-order valence-corrected chi connectivity index (χ4v) is 5.36. The van der Waals surface area contributed by atoms with E-state index in [1.807, 2.05) is 0 Å². The van der Waals surface area contributed by atoms with Gasteiger partial charge in [0.25, 0.3) is 5.56 Å². The van der Waals surface area contributed by atoms with Gasteiger partial charge >= 0.3 is 0 Å². The van der Waals surface area contributed by atoms with Gasteiger partial charge in [0.15, 0.2) is 0 Å². The molecular formula is C28H32ClN5O3. The van der Waals surface area contributed by atoms with Gasteiger partial charge in [0.2, 0.25) is 0 Å². The fourth-order valence-electron chi connectivity index (χ4n) is 5.09. The Bertz CT molecular complexity index is 1470. The van der Waals surface area contributed by atoms with Crippen LogP contribution >= 0.6 is 11.6 Å². The molecule has 0 bridgehead atoms. The van der Waals surface area contributed by atoms with E-state index in [2.05, 4.69) is 46.3 Å². The van der Waals surface area contributed by atoms with Crippen LogP contribution in [0.5, 0.6) is 5.75 Å². The summed E-state index contributed by atoms with van der Waals surface area (Å²) in [5, 5.41) is 14.4. The average Bonchev–Trinajstić information content (AvgIpc) is 3.32. The largest absolute Gasteiger partial charge is 0.495 e.